The smallest absolute Gasteiger partial charge is 0.146 e. The van der Waals surface area contributed by atoms with Crippen molar-refractivity contribution in [1.29, 1.82) is 0 Å². The van der Waals surface area contributed by atoms with E-state index in [2.05, 4.69) is 8.86 Å². The predicted molar refractivity (Wildman–Crippen MR) is 14.0 cm³/mol. The Morgan fingerprint density at radius 1 is 1.75 bits per heavy atom. The molecule has 0 aliphatic heterocycles. The van der Waals surface area contributed by atoms with Crippen LogP contribution in [-0.4, -0.2) is 5.66 Å². The van der Waals surface area contributed by atoms with Gasteiger partial charge in [0.15, 0.2) is 0 Å². The van der Waals surface area contributed by atoms with Gasteiger partial charge in [0.05, 0.1) is 0 Å². The molecule has 0 unspecified atom stereocenters. The number of hydrogen-bond donors (Lipinski definition) is 0. The molecular weight excluding hydrogens is 118 g/mol. The van der Waals surface area contributed by atoms with Gasteiger partial charge in [-0.1, -0.05) is 0 Å². The zero-order valence-corrected chi connectivity index (χ0v) is 3.78. The fourth-order valence-electron chi connectivity index (χ4n) is 0. The van der Waals surface area contributed by atoms with Crippen LogP contribution in [0.5, 0.6) is 0 Å². The Bertz CT molecular complexity index is 29.0. The van der Waals surface area contributed by atoms with Crippen molar-refractivity contribution in [2.75, 3.05) is 0 Å². The van der Waals surface area contributed by atoms with Crippen molar-refractivity contribution in [3.63, 3.8) is 0 Å². The molecule has 0 rings (SSSR count). The molecule has 0 bridgehead atoms. The maximum Gasteiger partial charge on any atom is 0.146 e. The average Bonchev–Trinajstić information content (AvgIpc) is 0.918. The molecule has 0 saturated carbocycles. The molecule has 0 aromatic rings. The summed E-state index contributed by atoms with van der Waals surface area (Å²) >= 11 is 0. The van der Waals surface area contributed by atoms with Crippen molar-refractivity contribution in [2.24, 2.45) is 0 Å². The van der Waals surface area contributed by atoms with E-state index in [1.165, 1.54) is 5.66 Å². The molecule has 0 saturated heterocycles. The quantitative estimate of drug-likeness (QED) is 0.416. The van der Waals surface area contributed by atoms with Gasteiger partial charge in [-0.15, -0.1) is 0 Å². The minimum atomic E-state index is 0. The summed E-state index contributed by atoms with van der Waals surface area (Å²) < 4.78 is 0. The van der Waals surface area contributed by atoms with Crippen molar-refractivity contribution >= 4 is 14.5 Å². The fourth-order valence-corrected chi connectivity index (χ4v) is 0. The zero-order chi connectivity index (χ0) is 2.71. The van der Waals surface area contributed by atoms with Gasteiger partial charge in [0.2, 0.25) is 0 Å². The van der Waals surface area contributed by atoms with E-state index >= 15 is 0 Å². The van der Waals surface area contributed by atoms with Crippen LogP contribution in [-0.2, 0) is 21.6 Å². The third kappa shape index (κ3) is 30.7. The van der Waals surface area contributed by atoms with Crippen molar-refractivity contribution < 1.29 is 21.6 Å². The normalized spacial score (nSPS) is 2.00. The summed E-state index contributed by atoms with van der Waals surface area (Å²) in [6.07, 6.45) is 0. The molecule has 25 valence electrons. The molecule has 4 heavy (non-hydrogen) atoms. The number of carbonyl (C=O) groups excluding carboxylic acids is 1. The third-order valence-corrected chi connectivity index (χ3v) is 0. The molecule has 1 radical (unpaired) electrons. The minimum absolute atomic E-state index is 0. The molecule has 0 aliphatic rings. The number of hydrogen-bond acceptors (Lipinski definition) is 1. The minimum Gasteiger partial charge on any atom is -0.229 e. The van der Waals surface area contributed by atoms with Crippen LogP contribution in [0.15, 0.2) is 0 Å². The van der Waals surface area contributed by atoms with Crippen LogP contribution in [0.2, 0.25) is 0 Å². The van der Waals surface area contributed by atoms with E-state index in [1.54, 1.807) is 0 Å². The van der Waals surface area contributed by atoms with Crippen LogP contribution >= 0.6 is 8.86 Å². The van der Waals surface area contributed by atoms with Crippen LogP contribution in [0.1, 0.15) is 0 Å². The summed E-state index contributed by atoms with van der Waals surface area (Å²) in [5, 5.41) is 0. The van der Waals surface area contributed by atoms with Crippen molar-refractivity contribution in [3.8, 4) is 0 Å². The second-order valence-electron chi connectivity index (χ2n) is 0.102. The molecule has 3 heteroatoms. The maximum atomic E-state index is 8.59. The molecule has 0 fully saturated rings. The summed E-state index contributed by atoms with van der Waals surface area (Å²) in [5.74, 6) is 0. The fraction of sp³-hybridized carbons (Fsp3) is 0. The molecule has 0 spiro atoms. The SMILES string of the molecule is O=C=P.[Co]. The van der Waals surface area contributed by atoms with Gasteiger partial charge < -0.3 is 0 Å². The van der Waals surface area contributed by atoms with Crippen LogP contribution < -0.4 is 0 Å². The van der Waals surface area contributed by atoms with Crippen LogP contribution in [0.4, 0.5) is 0 Å². The van der Waals surface area contributed by atoms with E-state index in [0.29, 0.717) is 0 Å². The Kier molecular flexibility index (Phi) is 22.2. The van der Waals surface area contributed by atoms with Gasteiger partial charge in [0, 0.05) is 16.8 Å². The monoisotopic (exact) mass is 119 g/mol. The average molecular weight is 119 g/mol. The molecule has 0 aliphatic carbocycles. The summed E-state index contributed by atoms with van der Waals surface area (Å²) in [6, 6.07) is 0. The van der Waals surface area contributed by atoms with Crippen LogP contribution in [0.25, 0.3) is 0 Å². The van der Waals surface area contributed by atoms with Crippen LogP contribution in [0, 0.1) is 0 Å². The van der Waals surface area contributed by atoms with Gasteiger partial charge in [-0.3, -0.25) is 0 Å². The van der Waals surface area contributed by atoms with E-state index in [1.807, 2.05) is 0 Å². The van der Waals surface area contributed by atoms with Crippen molar-refractivity contribution in [1.82, 2.24) is 0 Å². The third-order valence-electron chi connectivity index (χ3n) is 0. The second-order valence-corrected chi connectivity index (χ2v) is 0.306. The van der Waals surface area contributed by atoms with Gasteiger partial charge in [-0.25, -0.2) is 4.79 Å². The summed E-state index contributed by atoms with van der Waals surface area (Å²) in [7, 11) is 2.38. The van der Waals surface area contributed by atoms with E-state index in [-0.39, 0.29) is 16.8 Å². The summed E-state index contributed by atoms with van der Waals surface area (Å²) in [4.78, 5) is 8.59. The predicted octanol–water partition coefficient (Wildman–Crippen LogP) is 0.194. The standard InChI is InChI=1S/CHOP.Co/c2-1-3;/h3H;. The first kappa shape index (κ1) is 8.83. The Hall–Kier alpha value is 0.386. The number of rotatable bonds is 0. The Labute approximate surface area is 36.8 Å². The molecule has 0 aromatic carbocycles. The van der Waals surface area contributed by atoms with Gasteiger partial charge in [0.1, 0.15) is 5.66 Å². The first-order chi connectivity index (χ1) is 1.41. The maximum absolute atomic E-state index is 8.59. The summed E-state index contributed by atoms with van der Waals surface area (Å²) in [6.45, 7) is 0. The zero-order valence-electron chi connectivity index (χ0n) is 1.74. The molecule has 0 atom stereocenters. The van der Waals surface area contributed by atoms with E-state index in [0.717, 1.165) is 0 Å². The molecule has 0 amide bonds. The first-order valence-electron chi connectivity index (χ1n) is 0.454. The molecular formula is CHCoOP. The van der Waals surface area contributed by atoms with E-state index in [9.17, 15) is 0 Å². The van der Waals surface area contributed by atoms with Gasteiger partial charge in [-0.05, 0) is 8.86 Å². The Morgan fingerprint density at radius 3 is 1.75 bits per heavy atom. The van der Waals surface area contributed by atoms with E-state index in [4.69, 9.17) is 4.79 Å². The van der Waals surface area contributed by atoms with Crippen molar-refractivity contribution in [2.45, 2.75) is 0 Å². The Morgan fingerprint density at radius 2 is 1.75 bits per heavy atom. The molecule has 0 aromatic heterocycles. The molecule has 0 heterocycles. The van der Waals surface area contributed by atoms with Gasteiger partial charge >= 0.3 is 0 Å². The van der Waals surface area contributed by atoms with Gasteiger partial charge in [-0.2, -0.15) is 0 Å². The summed E-state index contributed by atoms with van der Waals surface area (Å²) in [5.41, 5.74) is 1.31. The van der Waals surface area contributed by atoms with Crippen LogP contribution in [0.3, 0.4) is 0 Å². The topological polar surface area (TPSA) is 17.1 Å². The largest absolute Gasteiger partial charge is 0.229 e. The second kappa shape index (κ2) is 10.0. The van der Waals surface area contributed by atoms with Gasteiger partial charge in [0.25, 0.3) is 0 Å². The Balaban J connectivity index is 0. The molecule has 0 N–H and O–H groups in total. The molecule has 1 nitrogen and oxygen atoms in total. The first-order valence-corrected chi connectivity index (χ1v) is 0.954. The van der Waals surface area contributed by atoms with Crippen molar-refractivity contribution in [3.05, 3.63) is 0 Å². The van der Waals surface area contributed by atoms with E-state index < -0.39 is 0 Å².